The molecular formula is C24H25F3N4O3S. The molecular weight excluding hydrogens is 481 g/mol. The van der Waals surface area contributed by atoms with Gasteiger partial charge in [0, 0.05) is 23.7 Å². The molecule has 1 heterocycles. The number of carbonyl (C=O) groups excluding carboxylic acids is 2. The Morgan fingerprint density at radius 3 is 2.49 bits per heavy atom. The van der Waals surface area contributed by atoms with Crippen LogP contribution in [-0.2, 0) is 19.3 Å². The maximum absolute atomic E-state index is 12.9. The van der Waals surface area contributed by atoms with E-state index in [1.807, 2.05) is 13.8 Å². The number of halogens is 3. The third-order valence-corrected chi connectivity index (χ3v) is 5.86. The van der Waals surface area contributed by atoms with Gasteiger partial charge in [0.1, 0.15) is 16.5 Å². The van der Waals surface area contributed by atoms with Gasteiger partial charge in [0.25, 0.3) is 5.91 Å². The summed E-state index contributed by atoms with van der Waals surface area (Å²) in [6.07, 6.45) is -4.45. The predicted molar refractivity (Wildman–Crippen MR) is 127 cm³/mol. The molecule has 3 rings (SSSR count). The summed E-state index contributed by atoms with van der Waals surface area (Å²) in [4.78, 5) is 31.2. The number of aromatic nitrogens is 1. The van der Waals surface area contributed by atoms with Crippen LogP contribution in [0.4, 0.5) is 23.7 Å². The molecule has 1 aromatic heterocycles. The van der Waals surface area contributed by atoms with E-state index in [9.17, 15) is 22.8 Å². The molecule has 0 aliphatic rings. The van der Waals surface area contributed by atoms with Crippen LogP contribution in [-0.4, -0.2) is 35.0 Å². The second-order valence-corrected chi connectivity index (χ2v) is 8.83. The Kier molecular flexibility index (Phi) is 8.34. The zero-order valence-electron chi connectivity index (χ0n) is 19.3. The van der Waals surface area contributed by atoms with Crippen LogP contribution in [0.3, 0.4) is 0 Å². The fraction of sp³-hybridized carbons (Fsp3) is 0.292. The summed E-state index contributed by atoms with van der Waals surface area (Å²) in [6, 6.07) is 11.2. The first-order valence-electron chi connectivity index (χ1n) is 10.7. The molecule has 0 saturated carbocycles. The molecule has 11 heteroatoms. The van der Waals surface area contributed by atoms with Gasteiger partial charge < -0.3 is 20.3 Å². The molecule has 3 aromatic rings. The van der Waals surface area contributed by atoms with Crippen LogP contribution in [0.15, 0.2) is 53.9 Å². The van der Waals surface area contributed by atoms with Crippen LogP contribution >= 0.6 is 11.3 Å². The molecule has 0 aliphatic carbocycles. The Hall–Kier alpha value is -3.60. The minimum absolute atomic E-state index is 0.0714. The van der Waals surface area contributed by atoms with Crippen LogP contribution in [0.5, 0.6) is 5.75 Å². The van der Waals surface area contributed by atoms with Crippen molar-refractivity contribution in [3.63, 3.8) is 0 Å². The van der Waals surface area contributed by atoms with Crippen molar-refractivity contribution in [3.05, 3.63) is 75.7 Å². The summed E-state index contributed by atoms with van der Waals surface area (Å²) >= 11 is 1.22. The van der Waals surface area contributed by atoms with E-state index in [4.69, 9.17) is 4.74 Å². The lowest BCUT2D eigenvalue weighted by atomic mass is 10.1. The number of benzene rings is 2. The van der Waals surface area contributed by atoms with E-state index in [0.29, 0.717) is 22.0 Å². The van der Waals surface area contributed by atoms with Crippen LogP contribution in [0, 0.1) is 0 Å². The van der Waals surface area contributed by atoms with Gasteiger partial charge in [-0.3, -0.25) is 4.79 Å². The number of nitrogens with one attached hydrogen (secondary N) is 2. The average molecular weight is 507 g/mol. The summed E-state index contributed by atoms with van der Waals surface area (Å²) in [5.41, 5.74) is 0.290. The van der Waals surface area contributed by atoms with Gasteiger partial charge in [-0.2, -0.15) is 13.2 Å². The number of hydrogen-bond acceptors (Lipinski definition) is 5. The molecule has 0 bridgehead atoms. The number of thiazole rings is 1. The Labute approximate surface area is 204 Å². The maximum Gasteiger partial charge on any atom is 0.416 e. The van der Waals surface area contributed by atoms with E-state index in [-0.39, 0.29) is 30.9 Å². The van der Waals surface area contributed by atoms with Gasteiger partial charge in [-0.1, -0.05) is 12.1 Å². The van der Waals surface area contributed by atoms with Gasteiger partial charge in [-0.15, -0.1) is 11.3 Å². The number of rotatable bonds is 8. The molecule has 0 fully saturated rings. The smallest absolute Gasteiger partial charge is 0.416 e. The van der Waals surface area contributed by atoms with Crippen molar-refractivity contribution in [1.82, 2.24) is 15.2 Å². The third-order valence-electron chi connectivity index (χ3n) is 5.02. The normalized spacial score (nSPS) is 11.3. The van der Waals surface area contributed by atoms with Crippen molar-refractivity contribution >= 4 is 29.0 Å². The topological polar surface area (TPSA) is 83.6 Å². The van der Waals surface area contributed by atoms with Crippen LogP contribution in [0.1, 0.15) is 40.5 Å². The van der Waals surface area contributed by atoms with E-state index in [0.717, 1.165) is 12.1 Å². The number of urea groups is 1. The number of ether oxygens (including phenoxy) is 1. The lowest BCUT2D eigenvalue weighted by Gasteiger charge is -2.26. The summed E-state index contributed by atoms with van der Waals surface area (Å²) in [5, 5.41) is 7.51. The van der Waals surface area contributed by atoms with Gasteiger partial charge in [0.15, 0.2) is 0 Å². The molecule has 2 N–H and O–H groups in total. The highest BCUT2D eigenvalue weighted by Gasteiger charge is 2.30. The first-order chi connectivity index (χ1) is 16.6. The van der Waals surface area contributed by atoms with Gasteiger partial charge in [-0.05, 0) is 55.8 Å². The third kappa shape index (κ3) is 7.19. The Morgan fingerprint density at radius 1 is 1.14 bits per heavy atom. The summed E-state index contributed by atoms with van der Waals surface area (Å²) in [7, 11) is 1.56. The molecule has 0 atom stereocenters. The molecule has 35 heavy (non-hydrogen) atoms. The summed E-state index contributed by atoms with van der Waals surface area (Å²) in [5.74, 6) is 0.161. The van der Waals surface area contributed by atoms with Crippen LogP contribution in [0.25, 0.3) is 0 Å². The molecule has 3 amide bonds. The summed E-state index contributed by atoms with van der Waals surface area (Å²) < 4.78 is 43.7. The van der Waals surface area contributed by atoms with Crippen molar-refractivity contribution in [1.29, 1.82) is 0 Å². The number of amides is 3. The van der Waals surface area contributed by atoms with E-state index in [1.165, 1.54) is 23.5 Å². The number of methoxy groups -OCH3 is 1. The molecule has 0 aliphatic heterocycles. The van der Waals surface area contributed by atoms with Crippen LogP contribution < -0.4 is 15.4 Å². The zero-order chi connectivity index (χ0) is 25.6. The molecule has 0 unspecified atom stereocenters. The van der Waals surface area contributed by atoms with E-state index in [2.05, 4.69) is 15.6 Å². The number of hydrogen-bond donors (Lipinski definition) is 2. The largest absolute Gasteiger partial charge is 0.497 e. The van der Waals surface area contributed by atoms with Crippen molar-refractivity contribution in [3.8, 4) is 5.75 Å². The SMILES string of the molecule is COc1ccc(NC(=O)N(Cc2nc(C(=O)NCc3cccc(C(F)(F)F)c3)cs2)C(C)C)cc1. The van der Waals surface area contributed by atoms with E-state index >= 15 is 0 Å². The monoisotopic (exact) mass is 506 g/mol. The fourth-order valence-corrected chi connectivity index (χ4v) is 3.89. The average Bonchev–Trinajstić information content (AvgIpc) is 3.30. The Balaban J connectivity index is 1.60. The fourth-order valence-electron chi connectivity index (χ4n) is 3.12. The Morgan fingerprint density at radius 2 is 1.86 bits per heavy atom. The van der Waals surface area contributed by atoms with E-state index in [1.54, 1.807) is 41.7 Å². The number of alkyl halides is 3. The minimum Gasteiger partial charge on any atom is -0.497 e. The highest BCUT2D eigenvalue weighted by molar-refractivity contribution is 7.09. The second kappa shape index (κ2) is 11.2. The highest BCUT2D eigenvalue weighted by Crippen LogP contribution is 2.29. The van der Waals surface area contributed by atoms with Crippen molar-refractivity contribution in [2.75, 3.05) is 12.4 Å². The van der Waals surface area contributed by atoms with Crippen LogP contribution in [0.2, 0.25) is 0 Å². The lowest BCUT2D eigenvalue weighted by Crippen LogP contribution is -2.39. The number of carbonyl (C=O) groups is 2. The summed E-state index contributed by atoms with van der Waals surface area (Å²) in [6.45, 7) is 3.84. The molecule has 186 valence electrons. The molecule has 0 spiro atoms. The second-order valence-electron chi connectivity index (χ2n) is 7.89. The lowest BCUT2D eigenvalue weighted by molar-refractivity contribution is -0.137. The molecule has 0 radical (unpaired) electrons. The molecule has 7 nitrogen and oxygen atoms in total. The van der Waals surface area contributed by atoms with Crippen molar-refractivity contribution in [2.24, 2.45) is 0 Å². The van der Waals surface area contributed by atoms with Crippen molar-refractivity contribution in [2.45, 2.75) is 39.2 Å². The standard InChI is InChI=1S/C24H25F3N4O3S/c1-15(2)31(23(33)29-18-7-9-19(34-3)10-8-18)13-21-30-20(14-35-21)22(32)28-12-16-5-4-6-17(11-16)24(25,26)27/h4-11,14-15H,12-13H2,1-3H3,(H,28,32)(H,29,33). The number of nitrogens with zero attached hydrogens (tertiary/aromatic N) is 2. The molecule has 0 saturated heterocycles. The first-order valence-corrected chi connectivity index (χ1v) is 11.5. The highest BCUT2D eigenvalue weighted by atomic mass is 32.1. The molecule has 2 aromatic carbocycles. The quantitative estimate of drug-likeness (QED) is 0.420. The zero-order valence-corrected chi connectivity index (χ0v) is 20.2. The van der Waals surface area contributed by atoms with Gasteiger partial charge in [0.2, 0.25) is 0 Å². The van der Waals surface area contributed by atoms with Gasteiger partial charge in [0.05, 0.1) is 19.2 Å². The number of anilines is 1. The predicted octanol–water partition coefficient (Wildman–Crippen LogP) is 5.54. The maximum atomic E-state index is 12.9. The Bertz CT molecular complexity index is 1160. The van der Waals surface area contributed by atoms with Gasteiger partial charge >= 0.3 is 12.2 Å². The van der Waals surface area contributed by atoms with E-state index < -0.39 is 17.6 Å². The van der Waals surface area contributed by atoms with Gasteiger partial charge in [-0.25, -0.2) is 9.78 Å². The first kappa shape index (κ1) is 26.0. The minimum atomic E-state index is -4.45. The van der Waals surface area contributed by atoms with Crippen molar-refractivity contribution < 1.29 is 27.5 Å².